The van der Waals surface area contributed by atoms with Crippen molar-refractivity contribution in [2.75, 3.05) is 0 Å². The highest BCUT2D eigenvalue weighted by Gasteiger charge is 2.16. The minimum atomic E-state index is 0.635. The molecule has 1 heterocycles. The molecule has 252 valence electrons. The topological polar surface area (TPSA) is 38.7 Å². The van der Waals surface area contributed by atoms with Crippen LogP contribution in [0.25, 0.3) is 99.9 Å². The molecule has 54 heavy (non-hydrogen) atoms. The molecule has 0 amide bonds. The van der Waals surface area contributed by atoms with Gasteiger partial charge in [-0.05, 0) is 77.8 Å². The zero-order valence-electron chi connectivity index (χ0n) is 29.4. The lowest BCUT2D eigenvalue weighted by molar-refractivity contribution is 1.07. The van der Waals surface area contributed by atoms with Gasteiger partial charge in [-0.3, -0.25) is 0 Å². The van der Waals surface area contributed by atoms with E-state index in [9.17, 15) is 0 Å². The molecule has 9 aromatic carbocycles. The second kappa shape index (κ2) is 13.4. The van der Waals surface area contributed by atoms with Crippen LogP contribution in [-0.4, -0.2) is 15.0 Å². The van der Waals surface area contributed by atoms with Crippen LogP contribution in [0.15, 0.2) is 200 Å². The zero-order chi connectivity index (χ0) is 35.8. The molecule has 0 fully saturated rings. The van der Waals surface area contributed by atoms with Crippen LogP contribution in [0, 0.1) is 0 Å². The van der Waals surface area contributed by atoms with Crippen molar-refractivity contribution in [1.82, 2.24) is 15.0 Å². The number of hydrogen-bond acceptors (Lipinski definition) is 3. The van der Waals surface area contributed by atoms with Crippen molar-refractivity contribution in [3.63, 3.8) is 0 Å². The summed E-state index contributed by atoms with van der Waals surface area (Å²) in [7, 11) is 0. The van der Waals surface area contributed by atoms with Crippen LogP contribution < -0.4 is 0 Å². The number of benzene rings is 9. The van der Waals surface area contributed by atoms with Crippen molar-refractivity contribution < 1.29 is 0 Å². The lowest BCUT2D eigenvalue weighted by Crippen LogP contribution is -2.00. The molecule has 3 heteroatoms. The molecule has 10 rings (SSSR count). The highest BCUT2D eigenvalue weighted by atomic mass is 15.0. The molecule has 0 bridgehead atoms. The molecule has 0 spiro atoms. The predicted molar refractivity (Wildman–Crippen MR) is 225 cm³/mol. The molecule has 0 atom stereocenters. The normalized spacial score (nSPS) is 11.3. The maximum Gasteiger partial charge on any atom is 0.164 e. The van der Waals surface area contributed by atoms with Gasteiger partial charge in [0, 0.05) is 16.7 Å². The van der Waals surface area contributed by atoms with Gasteiger partial charge in [0.25, 0.3) is 0 Å². The summed E-state index contributed by atoms with van der Waals surface area (Å²) in [6.07, 6.45) is 0. The van der Waals surface area contributed by atoms with Crippen molar-refractivity contribution in [2.24, 2.45) is 0 Å². The quantitative estimate of drug-likeness (QED) is 0.163. The molecule has 0 aliphatic heterocycles. The van der Waals surface area contributed by atoms with E-state index in [-0.39, 0.29) is 0 Å². The van der Waals surface area contributed by atoms with E-state index in [0.29, 0.717) is 17.5 Å². The number of rotatable bonds is 6. The lowest BCUT2D eigenvalue weighted by Gasteiger charge is -2.16. The monoisotopic (exact) mass is 687 g/mol. The molecule has 0 unspecified atom stereocenters. The van der Waals surface area contributed by atoms with E-state index < -0.39 is 0 Å². The van der Waals surface area contributed by atoms with E-state index in [2.05, 4.69) is 164 Å². The molecule has 1 aromatic heterocycles. The Bertz CT molecular complexity index is 2970. The van der Waals surface area contributed by atoms with Crippen molar-refractivity contribution in [3.8, 4) is 67.5 Å². The van der Waals surface area contributed by atoms with Gasteiger partial charge in [-0.15, -0.1) is 0 Å². The number of fused-ring (bicyclic) bond motifs is 4. The fourth-order valence-corrected chi connectivity index (χ4v) is 7.61. The summed E-state index contributed by atoms with van der Waals surface area (Å²) in [5.41, 5.74) is 9.82. The Morgan fingerprint density at radius 3 is 1.46 bits per heavy atom. The smallest absolute Gasteiger partial charge is 0.164 e. The Labute approximate surface area is 313 Å². The van der Waals surface area contributed by atoms with Crippen molar-refractivity contribution >= 4 is 32.3 Å². The third-order valence-electron chi connectivity index (χ3n) is 10.3. The molecular formula is C51H33N3. The predicted octanol–water partition coefficient (Wildman–Crippen LogP) is 13.3. The first kappa shape index (κ1) is 31.5. The minimum absolute atomic E-state index is 0.635. The average Bonchev–Trinajstić information content (AvgIpc) is 3.26. The van der Waals surface area contributed by atoms with Gasteiger partial charge < -0.3 is 0 Å². The van der Waals surface area contributed by atoms with Crippen LogP contribution in [-0.2, 0) is 0 Å². The highest BCUT2D eigenvalue weighted by molar-refractivity contribution is 6.10. The van der Waals surface area contributed by atoms with Gasteiger partial charge in [-0.1, -0.05) is 188 Å². The summed E-state index contributed by atoms with van der Waals surface area (Å²) in [5, 5.41) is 7.45. The van der Waals surface area contributed by atoms with Crippen LogP contribution in [0.5, 0.6) is 0 Å². The van der Waals surface area contributed by atoms with Crippen molar-refractivity contribution in [3.05, 3.63) is 200 Å². The summed E-state index contributed by atoms with van der Waals surface area (Å²) in [5.74, 6) is 1.92. The van der Waals surface area contributed by atoms with Crippen molar-refractivity contribution in [2.45, 2.75) is 0 Å². The molecule has 0 aliphatic carbocycles. The van der Waals surface area contributed by atoms with E-state index in [4.69, 9.17) is 15.0 Å². The Hall–Kier alpha value is -7.23. The van der Waals surface area contributed by atoms with Gasteiger partial charge in [0.15, 0.2) is 17.5 Å². The zero-order valence-corrected chi connectivity index (χ0v) is 29.4. The third-order valence-corrected chi connectivity index (χ3v) is 10.3. The fourth-order valence-electron chi connectivity index (χ4n) is 7.61. The number of hydrogen-bond donors (Lipinski definition) is 0. The molecular weight excluding hydrogens is 655 g/mol. The summed E-state index contributed by atoms with van der Waals surface area (Å²) in [4.78, 5) is 15.1. The molecule has 0 N–H and O–H groups in total. The standard InChI is InChI=1S/C51H33N3/c1-3-12-34(13-4-1)40-18-11-19-43(32-40)51-53-49(38-16-5-2-6-17-38)52-50(54-51)39-25-23-37(24-26-39)48-46-21-10-8-15-36(46)28-31-47(48)42-29-30-45-41(33-42)27-22-35-14-7-9-20-44(35)45/h1-33H. The molecule has 0 aliphatic rings. The van der Waals surface area contributed by atoms with E-state index in [1.165, 1.54) is 49.0 Å². The van der Waals surface area contributed by atoms with Gasteiger partial charge in [0.05, 0.1) is 0 Å². The van der Waals surface area contributed by atoms with Crippen LogP contribution in [0.3, 0.4) is 0 Å². The highest BCUT2D eigenvalue weighted by Crippen LogP contribution is 2.40. The van der Waals surface area contributed by atoms with Gasteiger partial charge >= 0.3 is 0 Å². The lowest BCUT2D eigenvalue weighted by atomic mass is 9.88. The maximum absolute atomic E-state index is 5.08. The van der Waals surface area contributed by atoms with Gasteiger partial charge in [-0.2, -0.15) is 0 Å². The molecule has 3 nitrogen and oxygen atoms in total. The molecule has 0 saturated heterocycles. The second-order valence-electron chi connectivity index (χ2n) is 13.6. The van der Waals surface area contributed by atoms with Crippen LogP contribution in [0.2, 0.25) is 0 Å². The van der Waals surface area contributed by atoms with Crippen molar-refractivity contribution in [1.29, 1.82) is 0 Å². The first-order valence-corrected chi connectivity index (χ1v) is 18.3. The summed E-state index contributed by atoms with van der Waals surface area (Å²) in [6, 6.07) is 70.7. The maximum atomic E-state index is 5.08. The van der Waals surface area contributed by atoms with E-state index >= 15 is 0 Å². The summed E-state index contributed by atoms with van der Waals surface area (Å²) < 4.78 is 0. The van der Waals surface area contributed by atoms with Crippen LogP contribution >= 0.6 is 0 Å². The Morgan fingerprint density at radius 2 is 0.722 bits per heavy atom. The van der Waals surface area contributed by atoms with Gasteiger partial charge in [0.1, 0.15) is 0 Å². The van der Waals surface area contributed by atoms with E-state index in [1.54, 1.807) is 0 Å². The number of nitrogens with zero attached hydrogens (tertiary/aromatic N) is 3. The first-order chi connectivity index (χ1) is 26.7. The Kier molecular flexibility index (Phi) is 7.81. The largest absolute Gasteiger partial charge is 0.208 e. The van der Waals surface area contributed by atoms with E-state index in [1.807, 2.05) is 36.4 Å². The van der Waals surface area contributed by atoms with Crippen LogP contribution in [0.1, 0.15) is 0 Å². The Morgan fingerprint density at radius 1 is 0.241 bits per heavy atom. The van der Waals surface area contributed by atoms with Gasteiger partial charge in [-0.25, -0.2) is 15.0 Å². The first-order valence-electron chi connectivity index (χ1n) is 18.3. The SMILES string of the molecule is c1ccc(-c2cccc(-c3nc(-c4ccccc4)nc(-c4ccc(-c5c(-c6ccc7c(ccc8ccccc87)c6)ccc6ccccc56)cc4)n3)c2)cc1. The van der Waals surface area contributed by atoms with Gasteiger partial charge in [0.2, 0.25) is 0 Å². The molecule has 0 saturated carbocycles. The Balaban J connectivity index is 1.09. The van der Waals surface area contributed by atoms with E-state index in [0.717, 1.165) is 33.4 Å². The third kappa shape index (κ3) is 5.78. The minimum Gasteiger partial charge on any atom is -0.208 e. The summed E-state index contributed by atoms with van der Waals surface area (Å²) in [6.45, 7) is 0. The fraction of sp³-hybridized carbons (Fsp3) is 0. The molecule has 0 radical (unpaired) electrons. The van der Waals surface area contributed by atoms with Crippen LogP contribution in [0.4, 0.5) is 0 Å². The summed E-state index contributed by atoms with van der Waals surface area (Å²) >= 11 is 0. The average molecular weight is 688 g/mol. The second-order valence-corrected chi connectivity index (χ2v) is 13.6. The number of aromatic nitrogens is 3. The molecule has 10 aromatic rings.